The molecule has 166 valence electrons. The SMILES string of the molecule is CCc1ccc(Nc2c(-c3nnc(NCCCn4ccnc4)o3)ccc(F)c2F)c(F)c1. The second kappa shape index (κ2) is 9.54. The molecule has 0 aliphatic rings. The number of benzene rings is 2. The molecule has 2 aromatic heterocycles. The highest BCUT2D eigenvalue weighted by atomic mass is 19.2. The number of rotatable bonds is 9. The lowest BCUT2D eigenvalue weighted by Gasteiger charge is -2.13. The van der Waals surface area contributed by atoms with Gasteiger partial charge >= 0.3 is 6.01 Å². The summed E-state index contributed by atoms with van der Waals surface area (Å²) in [4.78, 5) is 3.98. The summed E-state index contributed by atoms with van der Waals surface area (Å²) in [5.41, 5.74) is 0.615. The molecule has 7 nitrogen and oxygen atoms in total. The molecule has 0 saturated heterocycles. The molecule has 4 rings (SSSR count). The highest BCUT2D eigenvalue weighted by Gasteiger charge is 2.20. The lowest BCUT2D eigenvalue weighted by atomic mass is 10.1. The maximum atomic E-state index is 14.6. The first-order valence-electron chi connectivity index (χ1n) is 10.1. The van der Waals surface area contributed by atoms with Crippen molar-refractivity contribution in [3.63, 3.8) is 0 Å². The molecular formula is C22H21F3N6O. The van der Waals surface area contributed by atoms with Crippen molar-refractivity contribution in [3.8, 4) is 11.5 Å². The van der Waals surface area contributed by atoms with Gasteiger partial charge in [-0.15, -0.1) is 5.10 Å². The fraction of sp³-hybridized carbons (Fsp3) is 0.227. The van der Waals surface area contributed by atoms with E-state index in [9.17, 15) is 13.2 Å². The van der Waals surface area contributed by atoms with Crippen LogP contribution in [-0.4, -0.2) is 26.3 Å². The molecule has 2 heterocycles. The van der Waals surface area contributed by atoms with Crippen molar-refractivity contribution < 1.29 is 17.6 Å². The van der Waals surface area contributed by atoms with E-state index in [0.29, 0.717) is 13.0 Å². The fourth-order valence-corrected chi connectivity index (χ4v) is 3.15. The molecule has 0 saturated carbocycles. The molecule has 0 atom stereocenters. The number of nitrogens with zero attached hydrogens (tertiary/aromatic N) is 4. The van der Waals surface area contributed by atoms with E-state index in [1.165, 1.54) is 18.2 Å². The summed E-state index contributed by atoms with van der Waals surface area (Å²) in [5, 5.41) is 13.4. The van der Waals surface area contributed by atoms with Crippen LogP contribution in [0.5, 0.6) is 0 Å². The van der Waals surface area contributed by atoms with Crippen LogP contribution >= 0.6 is 0 Å². The third-order valence-corrected chi connectivity index (χ3v) is 4.88. The third kappa shape index (κ3) is 4.74. The van der Waals surface area contributed by atoms with Crippen molar-refractivity contribution in [1.29, 1.82) is 0 Å². The molecule has 0 aliphatic heterocycles. The number of aromatic nitrogens is 4. The maximum Gasteiger partial charge on any atom is 0.315 e. The predicted molar refractivity (Wildman–Crippen MR) is 114 cm³/mol. The van der Waals surface area contributed by atoms with Gasteiger partial charge in [0.1, 0.15) is 5.82 Å². The van der Waals surface area contributed by atoms with Gasteiger partial charge in [0.15, 0.2) is 11.6 Å². The summed E-state index contributed by atoms with van der Waals surface area (Å²) in [5.74, 6) is -2.87. The number of imidazole rings is 1. The smallest absolute Gasteiger partial charge is 0.315 e. The maximum absolute atomic E-state index is 14.6. The Labute approximate surface area is 182 Å². The van der Waals surface area contributed by atoms with E-state index in [-0.39, 0.29) is 28.8 Å². The molecular weight excluding hydrogens is 421 g/mol. The summed E-state index contributed by atoms with van der Waals surface area (Å²) >= 11 is 0. The summed E-state index contributed by atoms with van der Waals surface area (Å²) in [7, 11) is 0. The van der Waals surface area contributed by atoms with Crippen molar-refractivity contribution in [2.45, 2.75) is 26.3 Å². The first kappa shape index (κ1) is 21.4. The fourth-order valence-electron chi connectivity index (χ4n) is 3.15. The van der Waals surface area contributed by atoms with Gasteiger partial charge in [-0.3, -0.25) is 0 Å². The molecule has 0 radical (unpaired) electrons. The van der Waals surface area contributed by atoms with Crippen LogP contribution in [0.1, 0.15) is 18.9 Å². The molecule has 10 heteroatoms. The van der Waals surface area contributed by atoms with E-state index >= 15 is 0 Å². The normalized spacial score (nSPS) is 11.0. The molecule has 0 bridgehead atoms. The van der Waals surface area contributed by atoms with Crippen LogP contribution in [0.3, 0.4) is 0 Å². The van der Waals surface area contributed by atoms with Gasteiger partial charge in [0, 0.05) is 25.5 Å². The Bertz CT molecular complexity index is 1190. The van der Waals surface area contributed by atoms with Gasteiger partial charge < -0.3 is 19.6 Å². The van der Waals surface area contributed by atoms with Crippen LogP contribution in [0.4, 0.5) is 30.6 Å². The third-order valence-electron chi connectivity index (χ3n) is 4.88. The summed E-state index contributed by atoms with van der Waals surface area (Å²) in [6, 6.07) is 6.92. The lowest BCUT2D eigenvalue weighted by molar-refractivity contribution is 0.510. The minimum atomic E-state index is -1.17. The Kier molecular flexibility index (Phi) is 6.39. The highest BCUT2D eigenvalue weighted by Crippen LogP contribution is 2.34. The van der Waals surface area contributed by atoms with E-state index in [1.54, 1.807) is 18.6 Å². The number of hydrogen-bond acceptors (Lipinski definition) is 6. The van der Waals surface area contributed by atoms with Crippen molar-refractivity contribution >= 4 is 17.4 Å². The quantitative estimate of drug-likeness (QED) is 0.349. The topological polar surface area (TPSA) is 80.8 Å². The second-order valence-corrected chi connectivity index (χ2v) is 7.07. The van der Waals surface area contributed by atoms with E-state index in [2.05, 4.69) is 25.8 Å². The second-order valence-electron chi connectivity index (χ2n) is 7.07. The van der Waals surface area contributed by atoms with Gasteiger partial charge in [0.05, 0.1) is 23.3 Å². The standard InChI is InChI=1S/C22H21F3N6O/c1-2-14-4-7-18(17(24)12-14)28-20-15(5-6-16(23)19(20)25)21-29-30-22(32-21)27-8-3-10-31-11-9-26-13-31/h4-7,9,11-13,28H,2-3,8,10H2,1H3,(H,27,30). The van der Waals surface area contributed by atoms with Gasteiger partial charge in [0.25, 0.3) is 5.89 Å². The van der Waals surface area contributed by atoms with Crippen LogP contribution in [-0.2, 0) is 13.0 Å². The van der Waals surface area contributed by atoms with Gasteiger partial charge in [-0.25, -0.2) is 18.2 Å². The summed E-state index contributed by atoms with van der Waals surface area (Å²) in [6.07, 6.45) is 6.72. The van der Waals surface area contributed by atoms with E-state index in [1.807, 2.05) is 17.7 Å². The van der Waals surface area contributed by atoms with Crippen molar-refractivity contribution in [2.75, 3.05) is 17.2 Å². The Morgan fingerprint density at radius 3 is 2.69 bits per heavy atom. The first-order chi connectivity index (χ1) is 15.5. The van der Waals surface area contributed by atoms with Crippen molar-refractivity contribution in [1.82, 2.24) is 19.7 Å². The van der Waals surface area contributed by atoms with E-state index in [0.717, 1.165) is 24.6 Å². The summed E-state index contributed by atoms with van der Waals surface area (Å²) in [6.45, 7) is 3.20. The van der Waals surface area contributed by atoms with E-state index in [4.69, 9.17) is 4.42 Å². The zero-order valence-corrected chi connectivity index (χ0v) is 17.3. The first-order valence-corrected chi connectivity index (χ1v) is 10.1. The molecule has 0 spiro atoms. The summed E-state index contributed by atoms with van der Waals surface area (Å²) < 4.78 is 50.5. The van der Waals surface area contributed by atoms with Gasteiger partial charge in [-0.05, 0) is 42.7 Å². The van der Waals surface area contributed by atoms with Gasteiger partial charge in [0.2, 0.25) is 0 Å². The minimum absolute atomic E-state index is 0.00492. The molecule has 4 aromatic rings. The Morgan fingerprint density at radius 2 is 1.94 bits per heavy atom. The zero-order valence-electron chi connectivity index (χ0n) is 17.3. The Morgan fingerprint density at radius 1 is 1.06 bits per heavy atom. The number of hydrogen-bond donors (Lipinski definition) is 2. The molecule has 2 N–H and O–H groups in total. The Balaban J connectivity index is 1.52. The van der Waals surface area contributed by atoms with Crippen LogP contribution in [0.2, 0.25) is 0 Å². The van der Waals surface area contributed by atoms with Crippen LogP contribution in [0.25, 0.3) is 11.5 Å². The predicted octanol–water partition coefficient (Wildman–Crippen LogP) is 5.16. The van der Waals surface area contributed by atoms with E-state index < -0.39 is 17.5 Å². The number of anilines is 3. The van der Waals surface area contributed by atoms with Crippen molar-refractivity contribution in [2.24, 2.45) is 0 Å². The monoisotopic (exact) mass is 442 g/mol. The molecule has 0 unspecified atom stereocenters. The van der Waals surface area contributed by atoms with Crippen LogP contribution in [0, 0.1) is 17.5 Å². The zero-order chi connectivity index (χ0) is 22.5. The highest BCUT2D eigenvalue weighted by molar-refractivity contribution is 5.78. The number of nitrogens with one attached hydrogen (secondary N) is 2. The molecule has 2 aromatic carbocycles. The molecule has 0 amide bonds. The molecule has 0 aliphatic carbocycles. The van der Waals surface area contributed by atoms with Crippen molar-refractivity contribution in [3.05, 3.63) is 72.1 Å². The average Bonchev–Trinajstić information content (AvgIpc) is 3.48. The van der Waals surface area contributed by atoms with Crippen LogP contribution < -0.4 is 10.6 Å². The molecule has 0 fully saturated rings. The van der Waals surface area contributed by atoms with Crippen LogP contribution in [0.15, 0.2) is 53.5 Å². The lowest BCUT2D eigenvalue weighted by Crippen LogP contribution is -2.05. The largest absolute Gasteiger partial charge is 0.403 e. The number of aryl methyl sites for hydroxylation is 2. The minimum Gasteiger partial charge on any atom is -0.403 e. The van der Waals surface area contributed by atoms with Gasteiger partial charge in [-0.1, -0.05) is 18.1 Å². The Hall–Kier alpha value is -3.82. The van der Waals surface area contributed by atoms with Gasteiger partial charge in [-0.2, -0.15) is 0 Å². The molecule has 32 heavy (non-hydrogen) atoms. The average molecular weight is 442 g/mol. The number of halogens is 3.